The second-order valence-corrected chi connectivity index (χ2v) is 3.62. The van der Waals surface area contributed by atoms with E-state index in [1.807, 2.05) is 12.1 Å². The first-order valence-corrected chi connectivity index (χ1v) is 5.43. The molecule has 17 heavy (non-hydrogen) atoms. The van der Waals surface area contributed by atoms with Gasteiger partial charge < -0.3 is 9.15 Å². The zero-order valence-electron chi connectivity index (χ0n) is 9.10. The van der Waals surface area contributed by atoms with Crippen LogP contribution in [0.1, 0.15) is 5.76 Å². The topological polar surface area (TPSA) is 48.2 Å². The van der Waals surface area contributed by atoms with Crippen molar-refractivity contribution in [3.8, 4) is 11.5 Å². The fraction of sp³-hybridized carbons (Fsp3) is 0.167. The summed E-state index contributed by atoms with van der Waals surface area (Å²) in [6.07, 6.45) is 3.27. The number of nitrogens with zero attached hydrogens (tertiary/aromatic N) is 2. The number of aromatic nitrogens is 2. The van der Waals surface area contributed by atoms with E-state index in [-0.39, 0.29) is 5.28 Å². The molecule has 0 atom stereocenters. The van der Waals surface area contributed by atoms with Crippen molar-refractivity contribution in [1.29, 1.82) is 0 Å². The van der Waals surface area contributed by atoms with Crippen molar-refractivity contribution in [2.24, 2.45) is 0 Å². The molecule has 88 valence electrons. The molecule has 0 spiro atoms. The SMILES string of the molecule is C=CCOCc1ccc(-c2ccnc(Cl)n2)o1. The lowest BCUT2D eigenvalue weighted by molar-refractivity contribution is 0.132. The Balaban J connectivity index is 2.10. The van der Waals surface area contributed by atoms with E-state index in [9.17, 15) is 0 Å². The molecule has 0 aliphatic rings. The van der Waals surface area contributed by atoms with Crippen LogP contribution in [0.15, 0.2) is 41.5 Å². The average Bonchev–Trinajstić information content (AvgIpc) is 2.78. The van der Waals surface area contributed by atoms with Crippen molar-refractivity contribution in [3.05, 3.63) is 48.1 Å². The monoisotopic (exact) mass is 250 g/mol. The quantitative estimate of drug-likeness (QED) is 0.465. The number of ether oxygens (including phenoxy) is 1. The van der Waals surface area contributed by atoms with Crippen LogP contribution in [0.3, 0.4) is 0 Å². The minimum Gasteiger partial charge on any atom is -0.457 e. The molecule has 0 fully saturated rings. The van der Waals surface area contributed by atoms with E-state index in [0.717, 1.165) is 5.76 Å². The number of hydrogen-bond donors (Lipinski definition) is 0. The van der Waals surface area contributed by atoms with E-state index in [1.54, 1.807) is 18.3 Å². The van der Waals surface area contributed by atoms with E-state index in [1.165, 1.54) is 0 Å². The third-order valence-electron chi connectivity index (χ3n) is 2.02. The second kappa shape index (κ2) is 5.61. The van der Waals surface area contributed by atoms with Gasteiger partial charge in [0.05, 0.1) is 6.61 Å². The smallest absolute Gasteiger partial charge is 0.222 e. The molecular formula is C12H11ClN2O2. The molecule has 0 radical (unpaired) electrons. The van der Waals surface area contributed by atoms with Crippen molar-refractivity contribution in [2.45, 2.75) is 6.61 Å². The standard InChI is InChI=1S/C12H11ClN2O2/c1-2-7-16-8-9-3-4-11(17-9)10-5-6-14-12(13)15-10/h2-6H,1,7-8H2. The molecule has 0 N–H and O–H groups in total. The Bertz CT molecular complexity index is 511. The molecule has 2 aromatic rings. The second-order valence-electron chi connectivity index (χ2n) is 3.28. The van der Waals surface area contributed by atoms with E-state index >= 15 is 0 Å². The Labute approximate surface area is 104 Å². The summed E-state index contributed by atoms with van der Waals surface area (Å²) in [5.74, 6) is 1.38. The van der Waals surface area contributed by atoms with Gasteiger partial charge in [0.25, 0.3) is 0 Å². The molecule has 0 amide bonds. The van der Waals surface area contributed by atoms with Crippen LogP contribution >= 0.6 is 11.6 Å². The predicted octanol–water partition coefficient (Wildman–Crippen LogP) is 3.09. The molecule has 0 aliphatic carbocycles. The number of hydrogen-bond acceptors (Lipinski definition) is 4. The number of halogens is 1. The summed E-state index contributed by atoms with van der Waals surface area (Å²) in [7, 11) is 0. The summed E-state index contributed by atoms with van der Waals surface area (Å²) in [6.45, 7) is 4.47. The predicted molar refractivity (Wildman–Crippen MR) is 64.6 cm³/mol. The molecular weight excluding hydrogens is 240 g/mol. The molecule has 5 heteroatoms. The summed E-state index contributed by atoms with van der Waals surface area (Å²) in [5.41, 5.74) is 0.653. The van der Waals surface area contributed by atoms with Gasteiger partial charge in [-0.2, -0.15) is 0 Å². The van der Waals surface area contributed by atoms with Gasteiger partial charge >= 0.3 is 0 Å². The zero-order valence-corrected chi connectivity index (χ0v) is 9.85. The van der Waals surface area contributed by atoms with E-state index in [0.29, 0.717) is 24.7 Å². The van der Waals surface area contributed by atoms with Crippen molar-refractivity contribution < 1.29 is 9.15 Å². The average molecular weight is 251 g/mol. The van der Waals surface area contributed by atoms with Gasteiger partial charge in [-0.3, -0.25) is 0 Å². The van der Waals surface area contributed by atoms with Crippen LogP contribution in [0.4, 0.5) is 0 Å². The van der Waals surface area contributed by atoms with Crippen LogP contribution in [-0.4, -0.2) is 16.6 Å². The van der Waals surface area contributed by atoms with E-state index in [4.69, 9.17) is 20.8 Å². The minimum atomic E-state index is 0.198. The maximum Gasteiger partial charge on any atom is 0.222 e. The van der Waals surface area contributed by atoms with E-state index in [2.05, 4.69) is 16.5 Å². The van der Waals surface area contributed by atoms with Crippen molar-refractivity contribution in [1.82, 2.24) is 9.97 Å². The Kier molecular flexibility index (Phi) is 3.90. The van der Waals surface area contributed by atoms with Gasteiger partial charge in [0, 0.05) is 6.20 Å². The van der Waals surface area contributed by atoms with Gasteiger partial charge in [-0.05, 0) is 29.8 Å². The molecule has 2 rings (SSSR count). The highest BCUT2D eigenvalue weighted by molar-refractivity contribution is 6.28. The summed E-state index contributed by atoms with van der Waals surface area (Å²) < 4.78 is 10.8. The molecule has 0 aliphatic heterocycles. The summed E-state index contributed by atoms with van der Waals surface area (Å²) in [6, 6.07) is 5.40. The molecule has 4 nitrogen and oxygen atoms in total. The molecule has 0 unspecified atom stereocenters. The van der Waals surface area contributed by atoms with Gasteiger partial charge in [0.15, 0.2) is 5.76 Å². The molecule has 0 saturated heterocycles. The van der Waals surface area contributed by atoms with Crippen LogP contribution in [-0.2, 0) is 11.3 Å². The molecule has 0 aromatic carbocycles. The zero-order chi connectivity index (χ0) is 12.1. The van der Waals surface area contributed by atoms with Crippen LogP contribution in [0.2, 0.25) is 5.28 Å². The maximum absolute atomic E-state index is 5.70. The fourth-order valence-electron chi connectivity index (χ4n) is 1.31. The van der Waals surface area contributed by atoms with E-state index < -0.39 is 0 Å². The fourth-order valence-corrected chi connectivity index (χ4v) is 1.46. The highest BCUT2D eigenvalue weighted by Gasteiger charge is 2.06. The van der Waals surface area contributed by atoms with Gasteiger partial charge in [0.1, 0.15) is 18.1 Å². The molecule has 2 aromatic heterocycles. The lowest BCUT2D eigenvalue weighted by Gasteiger charge is -1.98. The Morgan fingerprint density at radius 3 is 3.06 bits per heavy atom. The lowest BCUT2D eigenvalue weighted by atomic mass is 10.3. The first kappa shape index (κ1) is 11.8. The number of rotatable bonds is 5. The van der Waals surface area contributed by atoms with Gasteiger partial charge in [-0.15, -0.1) is 6.58 Å². The normalized spacial score (nSPS) is 10.4. The molecule has 2 heterocycles. The summed E-state index contributed by atoms with van der Waals surface area (Å²) in [5, 5.41) is 0.198. The highest BCUT2D eigenvalue weighted by atomic mass is 35.5. The Hall–Kier alpha value is -1.65. The third-order valence-corrected chi connectivity index (χ3v) is 2.20. The van der Waals surface area contributed by atoms with Crippen molar-refractivity contribution in [3.63, 3.8) is 0 Å². The van der Waals surface area contributed by atoms with Gasteiger partial charge in [-0.25, -0.2) is 9.97 Å². The summed E-state index contributed by atoms with van der Waals surface area (Å²) in [4.78, 5) is 7.87. The van der Waals surface area contributed by atoms with Crippen molar-refractivity contribution >= 4 is 11.6 Å². The van der Waals surface area contributed by atoms with Crippen LogP contribution in [0.5, 0.6) is 0 Å². The van der Waals surface area contributed by atoms with Crippen LogP contribution < -0.4 is 0 Å². The van der Waals surface area contributed by atoms with Gasteiger partial charge in [-0.1, -0.05) is 6.08 Å². The molecule has 0 saturated carbocycles. The largest absolute Gasteiger partial charge is 0.457 e. The van der Waals surface area contributed by atoms with Crippen molar-refractivity contribution in [2.75, 3.05) is 6.61 Å². The summed E-state index contributed by atoms with van der Waals surface area (Å²) >= 11 is 5.70. The maximum atomic E-state index is 5.70. The first-order valence-electron chi connectivity index (χ1n) is 5.06. The Morgan fingerprint density at radius 1 is 1.41 bits per heavy atom. The molecule has 0 bridgehead atoms. The van der Waals surface area contributed by atoms with Gasteiger partial charge in [0.2, 0.25) is 5.28 Å². The highest BCUT2D eigenvalue weighted by Crippen LogP contribution is 2.21. The lowest BCUT2D eigenvalue weighted by Crippen LogP contribution is -1.90. The number of furan rings is 1. The first-order chi connectivity index (χ1) is 8.29. The van der Waals surface area contributed by atoms with Crippen LogP contribution in [0.25, 0.3) is 11.5 Å². The van der Waals surface area contributed by atoms with Crippen LogP contribution in [0, 0.1) is 0 Å². The third kappa shape index (κ3) is 3.15. The minimum absolute atomic E-state index is 0.198. The Morgan fingerprint density at radius 2 is 2.29 bits per heavy atom.